The second-order valence-electron chi connectivity index (χ2n) is 12.7. The van der Waals surface area contributed by atoms with E-state index in [1.165, 1.54) is 7.11 Å². The van der Waals surface area contributed by atoms with E-state index in [4.69, 9.17) is 9.47 Å². The first kappa shape index (κ1) is 33.2. The van der Waals surface area contributed by atoms with Crippen molar-refractivity contribution in [2.24, 2.45) is 0 Å². The van der Waals surface area contributed by atoms with Crippen LogP contribution in [0.15, 0.2) is 79.3 Å². The lowest BCUT2D eigenvalue weighted by molar-refractivity contribution is 0.262. The SMILES string of the molecule is COc1c(NC(=O)Nc2ccc(Oc3ccnc(Nc4cncc(N(C)C)n4)c3)c3ccccc23)cc(C(C)(C)C)cc1P(C)(C)=O. The van der Waals surface area contributed by atoms with Gasteiger partial charge in [0.15, 0.2) is 11.6 Å². The van der Waals surface area contributed by atoms with Crippen LogP contribution in [0.4, 0.5) is 33.6 Å². The summed E-state index contributed by atoms with van der Waals surface area (Å²) in [6.07, 6.45) is 4.95. The Morgan fingerprint density at radius 2 is 1.62 bits per heavy atom. The van der Waals surface area contributed by atoms with Crippen LogP contribution < -0.4 is 35.6 Å². The zero-order chi connectivity index (χ0) is 33.9. The van der Waals surface area contributed by atoms with E-state index in [9.17, 15) is 9.36 Å². The standard InChI is InChI=1S/C35H40N7O4P/c1-35(2,3)22-17-27(33(45-6)29(18-22)47(7,8)44)39-34(43)38-26-13-14-28(25-12-10-9-11-24(25)26)46-23-15-16-37-30(19-23)40-31-20-36-21-32(41-31)42(4)5/h9-21H,1-8H3,(H,37,40,41)(H2,38,39,43). The van der Waals surface area contributed by atoms with E-state index in [0.717, 1.165) is 16.3 Å². The molecule has 5 aromatic rings. The highest BCUT2D eigenvalue weighted by atomic mass is 31.2. The van der Waals surface area contributed by atoms with E-state index in [2.05, 4.69) is 51.7 Å². The zero-order valence-corrected chi connectivity index (χ0v) is 28.8. The molecule has 0 fully saturated rings. The third-order valence-corrected chi connectivity index (χ3v) is 8.89. The number of anilines is 5. The van der Waals surface area contributed by atoms with Crippen LogP contribution in [0.5, 0.6) is 17.2 Å². The monoisotopic (exact) mass is 653 g/mol. The second-order valence-corrected chi connectivity index (χ2v) is 15.9. The maximum absolute atomic E-state index is 13.4. The number of rotatable bonds is 9. The summed E-state index contributed by atoms with van der Waals surface area (Å²) in [5.41, 5.74) is 1.72. The fraction of sp³-hybridized carbons (Fsp3) is 0.257. The Morgan fingerprint density at radius 3 is 2.30 bits per heavy atom. The quantitative estimate of drug-likeness (QED) is 0.136. The summed E-state index contributed by atoms with van der Waals surface area (Å²) in [6, 6.07) is 18.1. The van der Waals surface area contributed by atoms with Gasteiger partial charge < -0.3 is 34.9 Å². The number of hydrogen-bond donors (Lipinski definition) is 3. The van der Waals surface area contributed by atoms with Crippen molar-refractivity contribution in [3.63, 3.8) is 0 Å². The highest BCUT2D eigenvalue weighted by Gasteiger charge is 2.26. The number of urea groups is 1. The van der Waals surface area contributed by atoms with Crippen molar-refractivity contribution >= 4 is 58.1 Å². The molecule has 244 valence electrons. The molecule has 0 saturated heterocycles. The first-order valence-corrected chi connectivity index (χ1v) is 17.6. The van der Waals surface area contributed by atoms with E-state index < -0.39 is 13.2 Å². The van der Waals surface area contributed by atoms with Gasteiger partial charge in [0.05, 0.1) is 36.2 Å². The number of nitrogens with zero attached hydrogens (tertiary/aromatic N) is 4. The van der Waals surface area contributed by atoms with Crippen molar-refractivity contribution in [2.75, 3.05) is 55.4 Å². The Labute approximate surface area is 275 Å². The van der Waals surface area contributed by atoms with Crippen LogP contribution in [0.3, 0.4) is 0 Å². The predicted molar refractivity (Wildman–Crippen MR) is 191 cm³/mol. The zero-order valence-electron chi connectivity index (χ0n) is 27.9. The van der Waals surface area contributed by atoms with Gasteiger partial charge >= 0.3 is 6.03 Å². The number of methoxy groups -OCH3 is 1. The molecular weight excluding hydrogens is 613 g/mol. The molecule has 3 N–H and O–H groups in total. The van der Waals surface area contributed by atoms with Crippen LogP contribution in [-0.4, -0.2) is 55.5 Å². The molecule has 0 radical (unpaired) electrons. The number of ether oxygens (including phenoxy) is 2. The van der Waals surface area contributed by atoms with Gasteiger partial charge in [-0.2, -0.15) is 0 Å². The van der Waals surface area contributed by atoms with Crippen LogP contribution in [0, 0.1) is 0 Å². The highest BCUT2D eigenvalue weighted by molar-refractivity contribution is 7.70. The lowest BCUT2D eigenvalue weighted by Crippen LogP contribution is -2.23. The normalized spacial score (nSPS) is 11.6. The molecule has 0 bridgehead atoms. The number of hydrogen-bond acceptors (Lipinski definition) is 9. The maximum Gasteiger partial charge on any atom is 0.323 e. The van der Waals surface area contributed by atoms with E-state index in [1.54, 1.807) is 56.2 Å². The third-order valence-electron chi connectivity index (χ3n) is 7.40. The Bertz CT molecular complexity index is 1990. The summed E-state index contributed by atoms with van der Waals surface area (Å²) >= 11 is 0. The van der Waals surface area contributed by atoms with E-state index in [1.807, 2.05) is 55.4 Å². The molecule has 5 rings (SSSR count). The summed E-state index contributed by atoms with van der Waals surface area (Å²) < 4.78 is 25.2. The molecule has 11 nitrogen and oxygen atoms in total. The molecule has 12 heteroatoms. The maximum atomic E-state index is 13.4. The molecule has 47 heavy (non-hydrogen) atoms. The van der Waals surface area contributed by atoms with Crippen molar-refractivity contribution in [3.05, 3.63) is 84.8 Å². The Kier molecular flexibility index (Phi) is 9.40. The van der Waals surface area contributed by atoms with Gasteiger partial charge in [-0.3, -0.25) is 4.98 Å². The fourth-order valence-corrected chi connectivity index (χ4v) is 6.08. The van der Waals surface area contributed by atoms with Gasteiger partial charge in [0.1, 0.15) is 30.3 Å². The molecule has 2 aromatic heterocycles. The second kappa shape index (κ2) is 13.3. The summed E-state index contributed by atoms with van der Waals surface area (Å²) in [5, 5.41) is 11.3. The first-order chi connectivity index (χ1) is 22.2. The van der Waals surface area contributed by atoms with Crippen molar-refractivity contribution in [1.82, 2.24) is 15.0 Å². The summed E-state index contributed by atoms with van der Waals surface area (Å²) in [4.78, 5) is 28.5. The van der Waals surface area contributed by atoms with Crippen LogP contribution in [0.25, 0.3) is 10.8 Å². The number of benzene rings is 3. The molecule has 0 unspecified atom stereocenters. The topological polar surface area (TPSA) is 131 Å². The van der Waals surface area contributed by atoms with Crippen molar-refractivity contribution in [2.45, 2.75) is 26.2 Å². The van der Waals surface area contributed by atoms with Crippen molar-refractivity contribution < 1.29 is 18.8 Å². The Hall–Kier alpha value is -5.15. The summed E-state index contributed by atoms with van der Waals surface area (Å²) in [5.74, 6) is 3.36. The van der Waals surface area contributed by atoms with Gasteiger partial charge in [-0.15, -0.1) is 0 Å². The lowest BCUT2D eigenvalue weighted by Gasteiger charge is -2.25. The first-order valence-electron chi connectivity index (χ1n) is 15.0. The van der Waals surface area contributed by atoms with Crippen LogP contribution in [0.2, 0.25) is 0 Å². The third kappa shape index (κ3) is 7.81. The number of carbonyl (C=O) groups is 1. The summed E-state index contributed by atoms with van der Waals surface area (Å²) in [7, 11) is 2.58. The smallest absolute Gasteiger partial charge is 0.323 e. The number of nitrogens with one attached hydrogen (secondary N) is 3. The van der Waals surface area contributed by atoms with E-state index >= 15 is 0 Å². The number of fused-ring (bicyclic) bond motifs is 1. The fourth-order valence-electron chi connectivity index (χ4n) is 4.93. The van der Waals surface area contributed by atoms with Gasteiger partial charge in [-0.05, 0) is 54.6 Å². The minimum Gasteiger partial charge on any atom is -0.494 e. The number of carbonyl (C=O) groups excluding carboxylic acids is 1. The minimum absolute atomic E-state index is 0.244. The molecule has 0 atom stereocenters. The van der Waals surface area contributed by atoms with Crippen molar-refractivity contribution in [3.8, 4) is 17.2 Å². The minimum atomic E-state index is -2.73. The van der Waals surface area contributed by atoms with Crippen LogP contribution >= 0.6 is 7.14 Å². The van der Waals surface area contributed by atoms with E-state index in [0.29, 0.717) is 51.4 Å². The van der Waals surface area contributed by atoms with Gasteiger partial charge in [-0.1, -0.05) is 45.0 Å². The van der Waals surface area contributed by atoms with Crippen molar-refractivity contribution in [1.29, 1.82) is 0 Å². The van der Waals surface area contributed by atoms with Crippen LogP contribution in [0.1, 0.15) is 26.3 Å². The highest BCUT2D eigenvalue weighted by Crippen LogP contribution is 2.43. The molecule has 0 spiro atoms. The molecule has 2 amide bonds. The molecule has 0 aliphatic carbocycles. The largest absolute Gasteiger partial charge is 0.494 e. The summed E-state index contributed by atoms with van der Waals surface area (Å²) in [6.45, 7) is 9.58. The predicted octanol–water partition coefficient (Wildman–Crippen LogP) is 7.82. The van der Waals surface area contributed by atoms with E-state index in [-0.39, 0.29) is 5.41 Å². The van der Waals surface area contributed by atoms with Gasteiger partial charge in [0, 0.05) is 37.1 Å². The average molecular weight is 654 g/mol. The molecule has 3 aromatic carbocycles. The molecule has 0 aliphatic rings. The van der Waals surface area contributed by atoms with Gasteiger partial charge in [0.25, 0.3) is 0 Å². The molecular formula is C35H40N7O4P. The molecule has 2 heterocycles. The molecule has 0 saturated carbocycles. The number of amides is 2. The molecule has 0 aliphatic heterocycles. The Morgan fingerprint density at radius 1 is 0.894 bits per heavy atom. The van der Waals surface area contributed by atoms with Gasteiger partial charge in [-0.25, -0.2) is 14.8 Å². The van der Waals surface area contributed by atoms with Crippen LogP contribution in [-0.2, 0) is 9.98 Å². The Balaban J connectivity index is 1.39. The lowest BCUT2D eigenvalue weighted by atomic mass is 9.86. The number of pyridine rings is 1. The number of aromatic nitrogens is 3. The van der Waals surface area contributed by atoms with Gasteiger partial charge in [0.2, 0.25) is 0 Å². The average Bonchev–Trinajstić information content (AvgIpc) is 3.01.